The number of rotatable bonds is 18. The van der Waals surface area contributed by atoms with Crippen LogP contribution < -0.4 is 10.6 Å². The molecule has 0 saturated heterocycles. The molecule has 2 amide bonds. The lowest BCUT2D eigenvalue weighted by atomic mass is 9.97. The van der Waals surface area contributed by atoms with Crippen LogP contribution in [-0.4, -0.2) is 81.1 Å². The highest BCUT2D eigenvalue weighted by atomic mass is 32.2. The zero-order valence-corrected chi connectivity index (χ0v) is 28.2. The van der Waals surface area contributed by atoms with Crippen LogP contribution in [0.5, 0.6) is 0 Å². The number of amides is 2. The van der Waals surface area contributed by atoms with Gasteiger partial charge in [0.2, 0.25) is 11.8 Å². The van der Waals surface area contributed by atoms with Gasteiger partial charge in [0.05, 0.1) is 25.2 Å². The molecule has 3 atom stereocenters. The second-order valence-corrected chi connectivity index (χ2v) is 14.7. The Labute approximate surface area is 271 Å². The molecule has 0 spiro atoms. The largest absolute Gasteiger partial charge is 0.467 e. The number of methoxy groups -OCH3 is 1. The summed E-state index contributed by atoms with van der Waals surface area (Å²) in [5.74, 6) is -0.302. The molecule has 0 heterocycles. The second-order valence-electron chi connectivity index (χ2n) is 11.4. The number of ether oxygens (including phenoxy) is 1. The minimum atomic E-state index is -3.36. The fourth-order valence-corrected chi connectivity index (χ4v) is 6.50. The summed E-state index contributed by atoms with van der Waals surface area (Å²) in [5.41, 5.74) is 2.18. The monoisotopic (exact) mass is 655 g/mol. The fourth-order valence-electron chi connectivity index (χ4n) is 5.04. The van der Waals surface area contributed by atoms with E-state index in [9.17, 15) is 22.8 Å². The van der Waals surface area contributed by atoms with Gasteiger partial charge in [-0.25, -0.2) is 13.2 Å². The van der Waals surface area contributed by atoms with Crippen LogP contribution in [0.25, 0.3) is 10.8 Å². The van der Waals surface area contributed by atoms with Crippen LogP contribution in [-0.2, 0) is 41.3 Å². The zero-order valence-electron chi connectivity index (χ0n) is 26.5. The molecule has 0 fully saturated rings. The molecule has 9 nitrogen and oxygen atoms in total. The summed E-state index contributed by atoms with van der Waals surface area (Å²) >= 11 is 1.55. The molecule has 0 saturated carbocycles. The number of thioether (sulfide) groups is 1. The topological polar surface area (TPSA) is 122 Å². The van der Waals surface area contributed by atoms with E-state index in [0.717, 1.165) is 40.3 Å². The Balaban J connectivity index is 1.78. The van der Waals surface area contributed by atoms with Crippen molar-refractivity contribution in [3.63, 3.8) is 0 Å². The van der Waals surface area contributed by atoms with Gasteiger partial charge in [-0.3, -0.25) is 14.5 Å². The van der Waals surface area contributed by atoms with Crippen LogP contribution in [0.4, 0.5) is 0 Å². The third-order valence-corrected chi connectivity index (χ3v) is 9.70. The number of nitrogens with zero attached hydrogens (tertiary/aromatic N) is 1. The van der Waals surface area contributed by atoms with Crippen molar-refractivity contribution in [3.8, 4) is 0 Å². The lowest BCUT2D eigenvalue weighted by molar-refractivity contribution is -0.145. The first-order valence-corrected chi connectivity index (χ1v) is 18.4. The van der Waals surface area contributed by atoms with Crippen LogP contribution in [0.15, 0.2) is 72.8 Å². The molecule has 0 aliphatic rings. The molecule has 0 aliphatic heterocycles. The first-order chi connectivity index (χ1) is 21.5. The summed E-state index contributed by atoms with van der Waals surface area (Å²) < 4.78 is 28.3. The van der Waals surface area contributed by atoms with Crippen LogP contribution in [0.1, 0.15) is 37.8 Å². The molecule has 0 aliphatic carbocycles. The predicted molar refractivity (Wildman–Crippen MR) is 181 cm³/mol. The highest BCUT2D eigenvalue weighted by Crippen LogP contribution is 2.21. The van der Waals surface area contributed by atoms with Gasteiger partial charge in [-0.05, 0) is 34.2 Å². The van der Waals surface area contributed by atoms with Crippen molar-refractivity contribution in [3.05, 3.63) is 83.9 Å². The van der Waals surface area contributed by atoms with Crippen molar-refractivity contribution < 1.29 is 27.5 Å². The predicted octanol–water partition coefficient (Wildman–Crippen LogP) is 4.20. The summed E-state index contributed by atoms with van der Waals surface area (Å²) in [7, 11) is -2.15. The third-order valence-electron chi connectivity index (χ3n) is 7.72. The van der Waals surface area contributed by atoms with Crippen LogP contribution in [0.2, 0.25) is 0 Å². The highest BCUT2D eigenvalue weighted by Gasteiger charge is 2.27. The fraction of sp³-hybridized carbons (Fsp3) is 0.441. The normalized spacial score (nSPS) is 13.6. The number of carbonyl (C=O) groups excluding carboxylic acids is 3. The van der Waals surface area contributed by atoms with Gasteiger partial charge in [-0.15, -0.1) is 11.8 Å². The molecule has 244 valence electrons. The Hall–Kier alpha value is -3.41. The number of esters is 1. The van der Waals surface area contributed by atoms with E-state index in [0.29, 0.717) is 18.8 Å². The summed E-state index contributed by atoms with van der Waals surface area (Å²) in [6, 6.07) is 22.7. The minimum absolute atomic E-state index is 0.0673. The maximum absolute atomic E-state index is 13.4. The van der Waals surface area contributed by atoms with E-state index in [4.69, 9.17) is 4.74 Å². The lowest BCUT2D eigenvalue weighted by Crippen LogP contribution is -2.51. The molecule has 0 aromatic heterocycles. The first kappa shape index (κ1) is 36.1. The van der Waals surface area contributed by atoms with Gasteiger partial charge in [0.15, 0.2) is 0 Å². The number of sulfone groups is 1. The average Bonchev–Trinajstić information content (AvgIpc) is 3.02. The van der Waals surface area contributed by atoms with E-state index in [-0.39, 0.29) is 36.6 Å². The van der Waals surface area contributed by atoms with Crippen LogP contribution in [0, 0.1) is 5.92 Å². The number of carbonyl (C=O) groups is 3. The summed E-state index contributed by atoms with van der Waals surface area (Å²) in [5, 5.41) is 8.04. The third kappa shape index (κ3) is 12.5. The number of benzene rings is 3. The molecule has 3 aromatic carbocycles. The Morgan fingerprint density at radius 2 is 1.62 bits per heavy atom. The maximum atomic E-state index is 13.4. The van der Waals surface area contributed by atoms with Crippen molar-refractivity contribution in [2.75, 3.05) is 38.0 Å². The van der Waals surface area contributed by atoms with E-state index >= 15 is 0 Å². The Morgan fingerprint density at radius 1 is 0.933 bits per heavy atom. The summed E-state index contributed by atoms with van der Waals surface area (Å²) in [6.45, 7) is 4.90. The van der Waals surface area contributed by atoms with Gasteiger partial charge in [-0.2, -0.15) is 0 Å². The summed E-state index contributed by atoms with van der Waals surface area (Å²) in [4.78, 5) is 40.8. The van der Waals surface area contributed by atoms with E-state index in [2.05, 4.69) is 24.5 Å². The molecule has 0 radical (unpaired) electrons. The number of hydrogen-bond donors (Lipinski definition) is 2. The Kier molecular flexibility index (Phi) is 14.4. The van der Waals surface area contributed by atoms with Crippen molar-refractivity contribution in [1.29, 1.82) is 0 Å². The van der Waals surface area contributed by atoms with E-state index < -0.39 is 27.8 Å². The molecule has 45 heavy (non-hydrogen) atoms. The van der Waals surface area contributed by atoms with E-state index in [1.807, 2.05) is 77.7 Å². The minimum Gasteiger partial charge on any atom is -0.467 e. The van der Waals surface area contributed by atoms with E-state index in [1.54, 1.807) is 11.8 Å². The molecule has 11 heteroatoms. The van der Waals surface area contributed by atoms with E-state index in [1.165, 1.54) is 7.11 Å². The molecular formula is C34H45N3O6S2. The van der Waals surface area contributed by atoms with Gasteiger partial charge in [0.1, 0.15) is 15.9 Å². The van der Waals surface area contributed by atoms with Crippen LogP contribution >= 0.6 is 11.8 Å². The molecule has 3 rings (SSSR count). The molecule has 0 bridgehead atoms. The SMILES string of the molecule is CCC(C)[C@@H](CN(CC(=O)N[C@@H](CCS(C)(=O)=O)C(=O)OC)Cc1cccc2ccccc12)NC(=O)CSCc1ccccc1. The molecule has 1 unspecified atom stereocenters. The van der Waals surface area contributed by atoms with Gasteiger partial charge in [0, 0.05) is 31.1 Å². The van der Waals surface area contributed by atoms with Crippen LogP contribution in [0.3, 0.4) is 0 Å². The molecule has 2 N–H and O–H groups in total. The highest BCUT2D eigenvalue weighted by molar-refractivity contribution is 7.99. The van der Waals surface area contributed by atoms with Gasteiger partial charge >= 0.3 is 5.97 Å². The maximum Gasteiger partial charge on any atom is 0.328 e. The van der Waals surface area contributed by atoms with Gasteiger partial charge in [-0.1, -0.05) is 93.1 Å². The lowest BCUT2D eigenvalue weighted by Gasteiger charge is -2.31. The van der Waals surface area contributed by atoms with Gasteiger partial charge < -0.3 is 15.4 Å². The van der Waals surface area contributed by atoms with Crippen molar-refractivity contribution in [2.24, 2.45) is 5.92 Å². The smallest absolute Gasteiger partial charge is 0.328 e. The van der Waals surface area contributed by atoms with Crippen molar-refractivity contribution in [2.45, 2.75) is 51.1 Å². The zero-order chi connectivity index (χ0) is 32.8. The quantitative estimate of drug-likeness (QED) is 0.196. The number of fused-ring (bicyclic) bond motifs is 1. The molecule has 3 aromatic rings. The van der Waals surface area contributed by atoms with Crippen molar-refractivity contribution >= 4 is 50.2 Å². The average molecular weight is 656 g/mol. The van der Waals surface area contributed by atoms with Crippen molar-refractivity contribution in [1.82, 2.24) is 15.5 Å². The van der Waals surface area contributed by atoms with Gasteiger partial charge in [0.25, 0.3) is 0 Å². The Morgan fingerprint density at radius 3 is 2.31 bits per heavy atom. The number of hydrogen-bond acceptors (Lipinski definition) is 8. The standard InChI is InChI=1S/C34H45N3O6S2/c1-5-25(2)31(36-33(39)24-44-23-26-12-7-6-8-13-26)21-37(20-28-16-11-15-27-14-9-10-17-29(27)28)22-32(38)35-30(34(40)43-3)18-19-45(4,41)42/h6-17,25,30-31H,5,18-24H2,1-4H3,(H,35,38)(H,36,39)/t25?,30-,31+/m0/s1. The summed E-state index contributed by atoms with van der Waals surface area (Å²) in [6.07, 6.45) is 1.82. The Bertz CT molecular complexity index is 1510. The number of nitrogens with one attached hydrogen (secondary N) is 2. The second kappa shape index (κ2) is 17.9. The molecular weight excluding hydrogens is 611 g/mol. The first-order valence-electron chi connectivity index (χ1n) is 15.1.